The fourth-order valence-electron chi connectivity index (χ4n) is 1.89. The minimum absolute atomic E-state index is 0.204. The Hall–Kier alpha value is -2.81. The minimum atomic E-state index is -0.542. The first-order chi connectivity index (χ1) is 11.0. The summed E-state index contributed by atoms with van der Waals surface area (Å²) in [6.45, 7) is 1.28. The molecule has 1 aliphatic rings. The fourth-order valence-corrected chi connectivity index (χ4v) is 2.71. The molecule has 118 valence electrons. The van der Waals surface area contributed by atoms with Crippen molar-refractivity contribution >= 4 is 40.7 Å². The van der Waals surface area contributed by atoms with Gasteiger partial charge in [0.15, 0.2) is 5.82 Å². The summed E-state index contributed by atoms with van der Waals surface area (Å²) >= 11 is 0.757. The van der Waals surface area contributed by atoms with E-state index in [4.69, 9.17) is 8.94 Å². The molecule has 0 saturated carbocycles. The molecule has 23 heavy (non-hydrogen) atoms. The van der Waals surface area contributed by atoms with E-state index >= 15 is 0 Å². The molecule has 0 radical (unpaired) electrons. The summed E-state index contributed by atoms with van der Waals surface area (Å²) < 4.78 is 9.92. The molecule has 1 fully saturated rings. The Morgan fingerprint density at radius 2 is 2.30 bits per heavy atom. The molecule has 0 aliphatic carbocycles. The van der Waals surface area contributed by atoms with Gasteiger partial charge in [-0.1, -0.05) is 5.16 Å². The van der Waals surface area contributed by atoms with Crippen LogP contribution < -0.4 is 5.32 Å². The molecular formula is C14H11N3O5S. The van der Waals surface area contributed by atoms with Crippen LogP contribution in [0.25, 0.3) is 6.08 Å². The average molecular weight is 333 g/mol. The van der Waals surface area contributed by atoms with Crippen molar-refractivity contribution in [2.24, 2.45) is 0 Å². The second-order valence-electron chi connectivity index (χ2n) is 4.65. The molecule has 1 N–H and O–H groups in total. The monoisotopic (exact) mass is 333 g/mol. The maximum atomic E-state index is 12.2. The molecule has 0 aromatic carbocycles. The number of amides is 3. The second-order valence-corrected chi connectivity index (χ2v) is 5.65. The zero-order valence-corrected chi connectivity index (χ0v) is 12.8. The number of carbonyl (C=O) groups excluding carboxylic acids is 3. The van der Waals surface area contributed by atoms with E-state index in [2.05, 4.69) is 10.5 Å². The number of anilines is 1. The van der Waals surface area contributed by atoms with Gasteiger partial charge in [-0.05, 0) is 30.8 Å². The maximum Gasteiger partial charge on any atom is 0.294 e. The number of hydrogen-bond acceptors (Lipinski definition) is 7. The summed E-state index contributed by atoms with van der Waals surface area (Å²) in [6, 6.07) is 4.86. The molecule has 2 aromatic heterocycles. The molecule has 0 atom stereocenters. The van der Waals surface area contributed by atoms with Crippen molar-refractivity contribution in [3.05, 3.63) is 40.9 Å². The van der Waals surface area contributed by atoms with Gasteiger partial charge in [0.05, 0.1) is 11.2 Å². The topological polar surface area (TPSA) is 106 Å². The zero-order chi connectivity index (χ0) is 16.4. The second kappa shape index (κ2) is 6.13. The quantitative estimate of drug-likeness (QED) is 0.855. The number of aromatic nitrogens is 1. The SMILES string of the molecule is Cc1cc(NC(=O)CN2C(=O)S/C(=C/c3ccco3)C2=O)no1. The van der Waals surface area contributed by atoms with E-state index in [0.717, 1.165) is 16.7 Å². The highest BCUT2D eigenvalue weighted by Crippen LogP contribution is 2.32. The predicted octanol–water partition coefficient (Wildman–Crippen LogP) is 2.25. The maximum absolute atomic E-state index is 12.2. The van der Waals surface area contributed by atoms with Gasteiger partial charge < -0.3 is 14.3 Å². The van der Waals surface area contributed by atoms with Gasteiger partial charge in [0.1, 0.15) is 18.1 Å². The molecule has 9 heteroatoms. The van der Waals surface area contributed by atoms with E-state index in [0.29, 0.717) is 11.5 Å². The van der Waals surface area contributed by atoms with E-state index in [9.17, 15) is 14.4 Å². The number of carbonyl (C=O) groups is 3. The largest absolute Gasteiger partial charge is 0.465 e. The highest BCUT2D eigenvalue weighted by molar-refractivity contribution is 8.18. The smallest absolute Gasteiger partial charge is 0.294 e. The minimum Gasteiger partial charge on any atom is -0.465 e. The van der Waals surface area contributed by atoms with E-state index in [1.54, 1.807) is 19.1 Å². The Morgan fingerprint density at radius 3 is 2.96 bits per heavy atom. The lowest BCUT2D eigenvalue weighted by Gasteiger charge is -2.10. The number of nitrogens with one attached hydrogen (secondary N) is 1. The van der Waals surface area contributed by atoms with Gasteiger partial charge in [0.25, 0.3) is 11.1 Å². The Kier molecular flexibility index (Phi) is 4.02. The summed E-state index contributed by atoms with van der Waals surface area (Å²) in [5.41, 5.74) is 0. The van der Waals surface area contributed by atoms with Crippen molar-refractivity contribution in [2.75, 3.05) is 11.9 Å². The molecule has 3 rings (SSSR count). The van der Waals surface area contributed by atoms with Crippen molar-refractivity contribution < 1.29 is 23.3 Å². The lowest BCUT2D eigenvalue weighted by Crippen LogP contribution is -2.36. The fraction of sp³-hybridized carbons (Fsp3) is 0.143. The molecule has 2 aromatic rings. The summed E-state index contributed by atoms with van der Waals surface area (Å²) in [4.78, 5) is 37.1. The van der Waals surface area contributed by atoms with Crippen molar-refractivity contribution in [2.45, 2.75) is 6.92 Å². The molecule has 1 aliphatic heterocycles. The number of nitrogens with zero attached hydrogens (tertiary/aromatic N) is 2. The third kappa shape index (κ3) is 3.34. The Balaban J connectivity index is 1.67. The number of imide groups is 1. The number of aryl methyl sites for hydroxylation is 1. The normalized spacial score (nSPS) is 16.4. The van der Waals surface area contributed by atoms with Gasteiger partial charge in [0, 0.05) is 12.1 Å². The van der Waals surface area contributed by atoms with Crippen LogP contribution in [0, 0.1) is 6.92 Å². The van der Waals surface area contributed by atoms with Crippen LogP contribution in [-0.4, -0.2) is 33.7 Å². The number of furan rings is 1. The van der Waals surface area contributed by atoms with Crippen LogP contribution >= 0.6 is 11.8 Å². The molecule has 8 nitrogen and oxygen atoms in total. The van der Waals surface area contributed by atoms with Crippen molar-refractivity contribution in [1.82, 2.24) is 10.1 Å². The van der Waals surface area contributed by atoms with E-state index in [1.807, 2.05) is 0 Å². The van der Waals surface area contributed by atoms with Gasteiger partial charge in [-0.25, -0.2) is 0 Å². The van der Waals surface area contributed by atoms with Crippen LogP contribution in [0.5, 0.6) is 0 Å². The summed E-state index contributed by atoms with van der Waals surface area (Å²) in [6.07, 6.45) is 2.92. The van der Waals surface area contributed by atoms with E-state index < -0.39 is 23.6 Å². The summed E-state index contributed by atoms with van der Waals surface area (Å²) in [5, 5.41) is 5.55. The van der Waals surface area contributed by atoms with Crippen LogP contribution in [0.2, 0.25) is 0 Å². The molecule has 3 heterocycles. The van der Waals surface area contributed by atoms with Crippen LogP contribution in [0.3, 0.4) is 0 Å². The van der Waals surface area contributed by atoms with Gasteiger partial charge in [0.2, 0.25) is 5.91 Å². The van der Waals surface area contributed by atoms with Gasteiger partial charge in [-0.3, -0.25) is 19.3 Å². The Morgan fingerprint density at radius 1 is 1.48 bits per heavy atom. The first kappa shape index (κ1) is 15.1. The predicted molar refractivity (Wildman–Crippen MR) is 81.3 cm³/mol. The molecular weight excluding hydrogens is 322 g/mol. The lowest BCUT2D eigenvalue weighted by atomic mass is 10.3. The Bertz CT molecular complexity index is 793. The molecule has 1 saturated heterocycles. The van der Waals surface area contributed by atoms with Gasteiger partial charge in [-0.15, -0.1) is 0 Å². The first-order valence-corrected chi connectivity index (χ1v) is 7.36. The molecule has 0 bridgehead atoms. The third-order valence-corrected chi connectivity index (χ3v) is 3.79. The van der Waals surface area contributed by atoms with Crippen LogP contribution in [0.15, 0.2) is 38.3 Å². The van der Waals surface area contributed by atoms with Gasteiger partial charge >= 0.3 is 0 Å². The lowest BCUT2D eigenvalue weighted by molar-refractivity contribution is -0.127. The standard InChI is InChI=1S/C14H11N3O5S/c1-8-5-11(16-22-8)15-12(18)7-17-13(19)10(23-14(17)20)6-9-3-2-4-21-9/h2-6H,7H2,1H3,(H,15,16,18)/b10-6+. The first-order valence-electron chi connectivity index (χ1n) is 6.55. The summed E-state index contributed by atoms with van der Waals surface area (Å²) in [7, 11) is 0. The zero-order valence-electron chi connectivity index (χ0n) is 11.9. The van der Waals surface area contributed by atoms with Gasteiger partial charge in [-0.2, -0.15) is 0 Å². The average Bonchev–Trinajstić information content (AvgIpc) is 3.19. The highest BCUT2D eigenvalue weighted by atomic mass is 32.2. The number of hydrogen-bond donors (Lipinski definition) is 1. The molecule has 3 amide bonds. The van der Waals surface area contributed by atoms with Crippen LogP contribution in [0.4, 0.5) is 10.6 Å². The number of thioether (sulfide) groups is 1. The van der Waals surface area contributed by atoms with Crippen molar-refractivity contribution in [3.8, 4) is 0 Å². The van der Waals surface area contributed by atoms with Crippen LogP contribution in [-0.2, 0) is 9.59 Å². The van der Waals surface area contributed by atoms with E-state index in [1.165, 1.54) is 18.4 Å². The van der Waals surface area contributed by atoms with Crippen molar-refractivity contribution in [3.63, 3.8) is 0 Å². The third-order valence-electron chi connectivity index (χ3n) is 2.89. The van der Waals surface area contributed by atoms with Crippen molar-refractivity contribution in [1.29, 1.82) is 0 Å². The van der Waals surface area contributed by atoms with Crippen LogP contribution in [0.1, 0.15) is 11.5 Å². The highest BCUT2D eigenvalue weighted by Gasteiger charge is 2.36. The van der Waals surface area contributed by atoms with E-state index in [-0.39, 0.29) is 10.7 Å². The number of rotatable bonds is 4. The Labute approximate surface area is 134 Å². The summed E-state index contributed by atoms with van der Waals surface area (Å²) in [5.74, 6) is 0.138. The molecule has 0 spiro atoms. The molecule has 0 unspecified atom stereocenters.